The van der Waals surface area contributed by atoms with Crippen molar-refractivity contribution in [2.24, 2.45) is 0 Å². The Labute approximate surface area is 200 Å². The molecule has 1 aliphatic heterocycles. The second kappa shape index (κ2) is 8.02. The number of carbonyl (C=O) groups excluding carboxylic acids is 1. The van der Waals surface area contributed by atoms with Gasteiger partial charge in [-0.3, -0.25) is 24.7 Å². The highest BCUT2D eigenvalue weighted by Crippen LogP contribution is 2.32. The Hall–Kier alpha value is -4.58. The highest BCUT2D eigenvalue weighted by Gasteiger charge is 2.20. The van der Waals surface area contributed by atoms with Crippen LogP contribution in [0.2, 0.25) is 0 Å². The van der Waals surface area contributed by atoms with Crippen molar-refractivity contribution >= 4 is 39.1 Å². The van der Waals surface area contributed by atoms with Crippen molar-refractivity contribution in [2.45, 2.75) is 13.5 Å². The molecule has 12 heteroatoms. The summed E-state index contributed by atoms with van der Waals surface area (Å²) in [6, 6.07) is 12.1. The average molecular weight is 488 g/mol. The summed E-state index contributed by atoms with van der Waals surface area (Å²) >= 11 is 1.22. The Morgan fingerprint density at radius 3 is 2.86 bits per heavy atom. The summed E-state index contributed by atoms with van der Waals surface area (Å²) in [5, 5.41) is 20.6. The molecular formula is C23H17N7O4S. The number of carbonyl (C=O) groups is 1. The van der Waals surface area contributed by atoms with Gasteiger partial charge in [-0.1, -0.05) is 23.5 Å². The number of amides is 1. The van der Waals surface area contributed by atoms with E-state index in [0.717, 1.165) is 5.56 Å². The summed E-state index contributed by atoms with van der Waals surface area (Å²) in [7, 11) is 0. The van der Waals surface area contributed by atoms with Crippen LogP contribution < -0.4 is 25.8 Å². The highest BCUT2D eigenvalue weighted by atomic mass is 32.1. The van der Waals surface area contributed by atoms with Crippen LogP contribution in [0.4, 0.5) is 5.13 Å². The number of aryl methyl sites for hydroxylation is 1. The van der Waals surface area contributed by atoms with Gasteiger partial charge in [0, 0.05) is 6.20 Å². The molecule has 35 heavy (non-hydrogen) atoms. The molecule has 0 bridgehead atoms. The van der Waals surface area contributed by atoms with Crippen molar-refractivity contribution in [1.29, 1.82) is 5.41 Å². The number of anilines is 1. The fourth-order valence-corrected chi connectivity index (χ4v) is 4.53. The van der Waals surface area contributed by atoms with Gasteiger partial charge in [-0.25, -0.2) is 4.98 Å². The van der Waals surface area contributed by atoms with Gasteiger partial charge >= 0.3 is 0 Å². The Morgan fingerprint density at radius 1 is 1.17 bits per heavy atom. The fraction of sp³-hybridized carbons (Fsp3) is 0.130. The third-order valence-electron chi connectivity index (χ3n) is 5.59. The van der Waals surface area contributed by atoms with E-state index in [2.05, 4.69) is 20.5 Å². The first kappa shape index (κ1) is 21.0. The van der Waals surface area contributed by atoms with E-state index in [9.17, 15) is 9.59 Å². The standard InChI is InChI=1S/C23H17N7O4S/c1-12-27-28-23(35-12)26-21(31)14-9-15-20(25-18-4-2-3-7-29(18)22(15)32)30(19(14)24)10-13-5-6-16-17(8-13)34-11-33-16/h2-9,24H,10-11H2,1H3,(H,26,28,31). The normalized spacial score (nSPS) is 12.4. The Balaban J connectivity index is 1.55. The lowest BCUT2D eigenvalue weighted by Gasteiger charge is -2.15. The Morgan fingerprint density at radius 2 is 2.03 bits per heavy atom. The maximum Gasteiger partial charge on any atom is 0.267 e. The van der Waals surface area contributed by atoms with Crippen LogP contribution >= 0.6 is 11.3 Å². The van der Waals surface area contributed by atoms with Gasteiger partial charge in [0.15, 0.2) is 11.5 Å². The molecule has 6 rings (SSSR count). The predicted molar refractivity (Wildman–Crippen MR) is 127 cm³/mol. The minimum Gasteiger partial charge on any atom is -0.454 e. The first-order chi connectivity index (χ1) is 17.0. The van der Waals surface area contributed by atoms with E-state index >= 15 is 0 Å². The molecule has 0 fully saturated rings. The van der Waals surface area contributed by atoms with E-state index in [1.54, 1.807) is 42.0 Å². The largest absolute Gasteiger partial charge is 0.454 e. The lowest BCUT2D eigenvalue weighted by molar-refractivity contribution is 0.102. The van der Waals surface area contributed by atoms with E-state index in [1.807, 2.05) is 12.1 Å². The second-order valence-electron chi connectivity index (χ2n) is 7.84. The molecule has 0 saturated heterocycles. The number of nitrogens with one attached hydrogen (secondary N) is 2. The maximum absolute atomic E-state index is 13.4. The van der Waals surface area contributed by atoms with E-state index < -0.39 is 5.91 Å². The lowest BCUT2D eigenvalue weighted by atomic mass is 10.1. The number of hydrogen-bond acceptors (Lipinski definition) is 9. The number of benzene rings is 1. The fourth-order valence-electron chi connectivity index (χ4n) is 3.95. The van der Waals surface area contributed by atoms with Crippen LogP contribution in [0.5, 0.6) is 11.5 Å². The van der Waals surface area contributed by atoms with Crippen LogP contribution in [0, 0.1) is 12.3 Å². The van der Waals surface area contributed by atoms with Crippen LogP contribution in [0.15, 0.2) is 53.5 Å². The van der Waals surface area contributed by atoms with Crippen LogP contribution in [-0.4, -0.2) is 36.8 Å². The van der Waals surface area contributed by atoms with Crippen LogP contribution in [-0.2, 0) is 6.54 Å². The molecule has 0 spiro atoms. The Bertz CT molecular complexity index is 1770. The smallest absolute Gasteiger partial charge is 0.267 e. The number of pyridine rings is 2. The molecule has 4 aromatic heterocycles. The van der Waals surface area contributed by atoms with Crippen molar-refractivity contribution in [3.8, 4) is 11.5 Å². The lowest BCUT2D eigenvalue weighted by Crippen LogP contribution is -2.32. The zero-order valence-corrected chi connectivity index (χ0v) is 19.1. The van der Waals surface area contributed by atoms with Crippen molar-refractivity contribution in [3.05, 3.63) is 80.6 Å². The van der Waals surface area contributed by atoms with Crippen LogP contribution in [0.3, 0.4) is 0 Å². The minimum absolute atomic E-state index is 0.0147. The first-order valence-electron chi connectivity index (χ1n) is 10.6. The third kappa shape index (κ3) is 3.60. The van der Waals surface area contributed by atoms with Gasteiger partial charge in [0.05, 0.1) is 17.5 Å². The van der Waals surface area contributed by atoms with E-state index in [1.165, 1.54) is 21.8 Å². The SMILES string of the molecule is Cc1nnc(NC(=O)c2cc3c(=O)n4ccccc4nc3n(Cc3ccc4c(c3)OCO4)c2=N)s1. The predicted octanol–water partition coefficient (Wildman–Crippen LogP) is 2.32. The van der Waals surface area contributed by atoms with Gasteiger partial charge in [0.25, 0.3) is 11.5 Å². The van der Waals surface area contributed by atoms with Gasteiger partial charge in [0.2, 0.25) is 11.9 Å². The van der Waals surface area contributed by atoms with Crippen LogP contribution in [0.25, 0.3) is 16.7 Å². The Kier molecular flexibility index (Phi) is 4.81. The summed E-state index contributed by atoms with van der Waals surface area (Å²) in [6.07, 6.45) is 1.62. The minimum atomic E-state index is -0.565. The summed E-state index contributed by atoms with van der Waals surface area (Å²) in [5.41, 5.74) is 1.10. The zero-order valence-electron chi connectivity index (χ0n) is 18.3. The quantitative estimate of drug-likeness (QED) is 0.371. The molecule has 11 nitrogen and oxygen atoms in total. The van der Waals surface area contributed by atoms with Gasteiger partial charge in [-0.15, -0.1) is 10.2 Å². The van der Waals surface area contributed by atoms with Gasteiger partial charge in [-0.05, 0) is 42.8 Å². The molecule has 2 N–H and O–H groups in total. The molecule has 0 saturated carbocycles. The number of aromatic nitrogens is 5. The molecule has 0 atom stereocenters. The second-order valence-corrected chi connectivity index (χ2v) is 9.03. The summed E-state index contributed by atoms with van der Waals surface area (Å²) < 4.78 is 13.8. The molecule has 1 amide bonds. The molecule has 0 aliphatic carbocycles. The van der Waals surface area contributed by atoms with Crippen LogP contribution in [0.1, 0.15) is 20.9 Å². The van der Waals surface area contributed by atoms with E-state index in [0.29, 0.717) is 32.9 Å². The molecule has 5 aromatic rings. The average Bonchev–Trinajstić information content (AvgIpc) is 3.49. The topological polar surface area (TPSA) is 136 Å². The number of ether oxygens (including phenoxy) is 2. The maximum atomic E-state index is 13.4. The first-order valence-corrected chi connectivity index (χ1v) is 11.4. The number of rotatable bonds is 4. The van der Waals surface area contributed by atoms with Gasteiger partial charge in [-0.2, -0.15) is 0 Å². The molecule has 1 aliphatic rings. The highest BCUT2D eigenvalue weighted by molar-refractivity contribution is 7.15. The van der Waals surface area contributed by atoms with E-state index in [-0.39, 0.29) is 35.3 Å². The van der Waals surface area contributed by atoms with Gasteiger partial charge < -0.3 is 14.0 Å². The van der Waals surface area contributed by atoms with E-state index in [4.69, 9.17) is 14.9 Å². The molecule has 1 aromatic carbocycles. The zero-order chi connectivity index (χ0) is 24.1. The number of nitrogens with zero attached hydrogens (tertiary/aromatic N) is 5. The molecule has 5 heterocycles. The number of fused-ring (bicyclic) bond motifs is 3. The van der Waals surface area contributed by atoms with Crippen molar-refractivity contribution in [3.63, 3.8) is 0 Å². The van der Waals surface area contributed by atoms with Crippen molar-refractivity contribution in [2.75, 3.05) is 12.1 Å². The molecule has 0 unspecified atom stereocenters. The molecule has 174 valence electrons. The van der Waals surface area contributed by atoms with Gasteiger partial charge in [0.1, 0.15) is 21.8 Å². The summed E-state index contributed by atoms with van der Waals surface area (Å²) in [5.74, 6) is 0.667. The summed E-state index contributed by atoms with van der Waals surface area (Å²) in [6.45, 7) is 2.10. The number of hydrogen-bond donors (Lipinski definition) is 2. The monoisotopic (exact) mass is 487 g/mol. The van der Waals surface area contributed by atoms with Crippen molar-refractivity contribution < 1.29 is 14.3 Å². The van der Waals surface area contributed by atoms with Crippen molar-refractivity contribution in [1.82, 2.24) is 24.1 Å². The molecule has 0 radical (unpaired) electrons. The third-order valence-corrected chi connectivity index (χ3v) is 6.34. The molecular weight excluding hydrogens is 470 g/mol. The summed E-state index contributed by atoms with van der Waals surface area (Å²) in [4.78, 5) is 31.2.